The molecule has 0 atom stereocenters. The summed E-state index contributed by atoms with van der Waals surface area (Å²) < 4.78 is 1.04. The van der Waals surface area contributed by atoms with E-state index in [9.17, 15) is 19.7 Å². The van der Waals surface area contributed by atoms with Crippen LogP contribution in [-0.2, 0) is 17.8 Å². The first-order valence-electron chi connectivity index (χ1n) is 7.15. The van der Waals surface area contributed by atoms with Crippen molar-refractivity contribution >= 4 is 17.3 Å². The van der Waals surface area contributed by atoms with Gasteiger partial charge in [0.2, 0.25) is 5.91 Å². The largest absolute Gasteiger partial charge is 0.324 e. The first kappa shape index (κ1) is 16.4. The van der Waals surface area contributed by atoms with E-state index in [4.69, 9.17) is 0 Å². The average molecular weight is 315 g/mol. The predicted molar refractivity (Wildman–Crippen MR) is 86.5 cm³/mol. The van der Waals surface area contributed by atoms with E-state index < -0.39 is 16.4 Å². The monoisotopic (exact) mass is 315 g/mol. The third-order valence-electron chi connectivity index (χ3n) is 3.49. The highest BCUT2D eigenvalue weighted by Crippen LogP contribution is 2.16. The zero-order valence-corrected chi connectivity index (χ0v) is 12.9. The van der Waals surface area contributed by atoms with Crippen LogP contribution in [0.3, 0.4) is 0 Å². The van der Waals surface area contributed by atoms with Crippen LogP contribution in [-0.4, -0.2) is 15.4 Å². The van der Waals surface area contributed by atoms with Crippen molar-refractivity contribution in [3.05, 3.63) is 68.1 Å². The number of hydrogen-bond acceptors (Lipinski definition) is 4. The average Bonchev–Trinajstić information content (AvgIpc) is 2.50. The van der Waals surface area contributed by atoms with Gasteiger partial charge >= 0.3 is 0 Å². The molecule has 2 aromatic rings. The molecule has 120 valence electrons. The van der Waals surface area contributed by atoms with Crippen molar-refractivity contribution in [1.29, 1.82) is 0 Å². The van der Waals surface area contributed by atoms with Crippen LogP contribution in [0.1, 0.15) is 18.1 Å². The fourth-order valence-corrected chi connectivity index (χ4v) is 2.26. The van der Waals surface area contributed by atoms with Crippen LogP contribution in [0.2, 0.25) is 0 Å². The number of para-hydroxylation sites is 1. The Balaban J connectivity index is 2.22. The summed E-state index contributed by atoms with van der Waals surface area (Å²) in [5.41, 5.74) is 1.28. The number of nitrogens with zero attached hydrogens (tertiary/aromatic N) is 2. The molecule has 0 unspecified atom stereocenters. The number of aromatic nitrogens is 1. The molecule has 0 aliphatic carbocycles. The van der Waals surface area contributed by atoms with E-state index in [2.05, 4.69) is 5.32 Å². The lowest BCUT2D eigenvalue weighted by Gasteiger charge is -2.11. The second-order valence-electron chi connectivity index (χ2n) is 5.12. The molecule has 1 amide bonds. The topological polar surface area (TPSA) is 94.2 Å². The summed E-state index contributed by atoms with van der Waals surface area (Å²) >= 11 is 0. The number of rotatable bonds is 5. The van der Waals surface area contributed by atoms with Crippen molar-refractivity contribution < 1.29 is 9.72 Å². The molecule has 1 heterocycles. The molecule has 0 radical (unpaired) electrons. The Kier molecular flexibility index (Phi) is 4.90. The van der Waals surface area contributed by atoms with Gasteiger partial charge < -0.3 is 5.32 Å². The SMILES string of the molecule is CCc1ccccc1NC(=O)Cn1cc([N+](=O)[O-])c(C)cc1=O. The molecule has 0 bridgehead atoms. The maximum atomic E-state index is 12.1. The number of carbonyl (C=O) groups excluding carboxylic acids is 1. The predicted octanol–water partition coefficient (Wildman–Crippen LogP) is 2.27. The van der Waals surface area contributed by atoms with Gasteiger partial charge in [-0.05, 0) is 25.0 Å². The first-order valence-corrected chi connectivity index (χ1v) is 7.15. The summed E-state index contributed by atoms with van der Waals surface area (Å²) in [6.07, 6.45) is 1.86. The van der Waals surface area contributed by atoms with Gasteiger partial charge in [-0.3, -0.25) is 24.3 Å². The van der Waals surface area contributed by atoms with E-state index >= 15 is 0 Å². The Bertz CT molecular complexity index is 811. The fourth-order valence-electron chi connectivity index (χ4n) is 2.26. The number of anilines is 1. The molecule has 0 aliphatic heterocycles. The second kappa shape index (κ2) is 6.87. The molecule has 2 rings (SSSR count). The van der Waals surface area contributed by atoms with Crippen molar-refractivity contribution in [2.45, 2.75) is 26.8 Å². The lowest BCUT2D eigenvalue weighted by Crippen LogP contribution is -2.27. The summed E-state index contributed by atoms with van der Waals surface area (Å²) in [5, 5.41) is 13.7. The van der Waals surface area contributed by atoms with Crippen LogP contribution in [0, 0.1) is 17.0 Å². The number of benzene rings is 1. The van der Waals surface area contributed by atoms with Gasteiger partial charge in [0.25, 0.3) is 11.2 Å². The number of carbonyl (C=O) groups is 1. The van der Waals surface area contributed by atoms with Crippen molar-refractivity contribution in [3.8, 4) is 0 Å². The van der Waals surface area contributed by atoms with Gasteiger partial charge in [-0.1, -0.05) is 25.1 Å². The summed E-state index contributed by atoms with van der Waals surface area (Å²) in [5.74, 6) is -0.411. The summed E-state index contributed by atoms with van der Waals surface area (Å²) in [6, 6.07) is 8.51. The minimum atomic E-state index is -0.574. The molecule has 0 saturated carbocycles. The number of amides is 1. The Hall–Kier alpha value is -2.96. The highest BCUT2D eigenvalue weighted by molar-refractivity contribution is 5.91. The lowest BCUT2D eigenvalue weighted by atomic mass is 10.1. The molecule has 0 saturated heterocycles. The molecule has 0 spiro atoms. The van der Waals surface area contributed by atoms with Crippen LogP contribution in [0.25, 0.3) is 0 Å². The fraction of sp³-hybridized carbons (Fsp3) is 0.250. The van der Waals surface area contributed by atoms with E-state index in [0.29, 0.717) is 5.69 Å². The summed E-state index contributed by atoms with van der Waals surface area (Å²) in [6.45, 7) is 3.18. The van der Waals surface area contributed by atoms with Crippen LogP contribution in [0.5, 0.6) is 0 Å². The normalized spacial score (nSPS) is 10.3. The number of nitrogens with one attached hydrogen (secondary N) is 1. The van der Waals surface area contributed by atoms with Gasteiger partial charge in [-0.2, -0.15) is 0 Å². The smallest absolute Gasteiger partial charge is 0.288 e. The quantitative estimate of drug-likeness (QED) is 0.676. The number of aryl methyl sites for hydroxylation is 2. The Morgan fingerprint density at radius 2 is 2.04 bits per heavy atom. The molecule has 0 aliphatic rings. The summed E-state index contributed by atoms with van der Waals surface area (Å²) in [4.78, 5) is 34.4. The minimum Gasteiger partial charge on any atom is -0.324 e. The standard InChI is InChI=1S/C16H17N3O4/c1-3-12-6-4-5-7-13(12)17-15(20)10-18-9-14(19(22)23)11(2)8-16(18)21/h4-9H,3,10H2,1-2H3,(H,17,20). The van der Waals surface area contributed by atoms with Crippen LogP contribution >= 0.6 is 0 Å². The highest BCUT2D eigenvalue weighted by Gasteiger charge is 2.15. The molecular weight excluding hydrogens is 298 g/mol. The summed E-state index contributed by atoms with van der Waals surface area (Å²) in [7, 11) is 0. The Morgan fingerprint density at radius 3 is 2.70 bits per heavy atom. The molecule has 1 N–H and O–H groups in total. The number of pyridine rings is 1. The van der Waals surface area contributed by atoms with Crippen LogP contribution in [0.4, 0.5) is 11.4 Å². The van der Waals surface area contributed by atoms with Gasteiger partial charge in [0.05, 0.1) is 11.1 Å². The van der Waals surface area contributed by atoms with Gasteiger partial charge in [0.15, 0.2) is 0 Å². The third-order valence-corrected chi connectivity index (χ3v) is 3.49. The van der Waals surface area contributed by atoms with Crippen molar-refractivity contribution in [2.24, 2.45) is 0 Å². The van der Waals surface area contributed by atoms with Crippen LogP contribution < -0.4 is 10.9 Å². The number of nitro groups is 1. The van der Waals surface area contributed by atoms with Gasteiger partial charge in [0, 0.05) is 17.3 Å². The van der Waals surface area contributed by atoms with Gasteiger partial charge in [0.1, 0.15) is 6.54 Å². The van der Waals surface area contributed by atoms with Crippen molar-refractivity contribution in [1.82, 2.24) is 4.57 Å². The Labute approximate surface area is 132 Å². The van der Waals surface area contributed by atoms with E-state index in [1.165, 1.54) is 6.92 Å². The van der Waals surface area contributed by atoms with E-state index in [-0.39, 0.29) is 17.8 Å². The van der Waals surface area contributed by atoms with Crippen LogP contribution in [0.15, 0.2) is 41.3 Å². The second-order valence-corrected chi connectivity index (χ2v) is 5.12. The third kappa shape index (κ3) is 3.82. The lowest BCUT2D eigenvalue weighted by molar-refractivity contribution is -0.385. The molecule has 1 aromatic carbocycles. The highest BCUT2D eigenvalue weighted by atomic mass is 16.6. The number of hydrogen-bond donors (Lipinski definition) is 1. The minimum absolute atomic E-state index is 0.189. The van der Waals surface area contributed by atoms with E-state index in [1.54, 1.807) is 12.1 Å². The first-order chi connectivity index (χ1) is 10.9. The molecular formula is C16H17N3O4. The van der Waals surface area contributed by atoms with Gasteiger partial charge in [-0.25, -0.2) is 0 Å². The molecule has 1 aromatic heterocycles. The maximum absolute atomic E-state index is 12.1. The van der Waals surface area contributed by atoms with Crippen molar-refractivity contribution in [2.75, 3.05) is 5.32 Å². The Morgan fingerprint density at radius 1 is 1.35 bits per heavy atom. The van der Waals surface area contributed by atoms with E-state index in [1.807, 2.05) is 19.1 Å². The molecule has 7 heteroatoms. The molecule has 23 heavy (non-hydrogen) atoms. The van der Waals surface area contributed by atoms with E-state index in [0.717, 1.165) is 28.8 Å². The molecule has 0 fully saturated rings. The maximum Gasteiger partial charge on any atom is 0.288 e. The molecule has 7 nitrogen and oxygen atoms in total. The zero-order chi connectivity index (χ0) is 17.0. The zero-order valence-electron chi connectivity index (χ0n) is 12.9. The van der Waals surface area contributed by atoms with Gasteiger partial charge in [-0.15, -0.1) is 0 Å². The van der Waals surface area contributed by atoms with Crippen molar-refractivity contribution in [3.63, 3.8) is 0 Å².